The van der Waals surface area contributed by atoms with Crippen LogP contribution in [0.3, 0.4) is 0 Å². The van der Waals surface area contributed by atoms with Gasteiger partial charge >= 0.3 is 0 Å². The Labute approximate surface area is 167 Å². The Balaban J connectivity index is 1.94. The van der Waals surface area contributed by atoms with Gasteiger partial charge in [-0.3, -0.25) is 9.36 Å². The molecule has 138 valence electrons. The molecule has 0 aliphatic rings. The van der Waals surface area contributed by atoms with Crippen LogP contribution in [0, 0.1) is 0 Å². The first kappa shape index (κ1) is 17.9. The third kappa shape index (κ3) is 3.52. The molecule has 0 N–H and O–H groups in total. The highest BCUT2D eigenvalue weighted by Crippen LogP contribution is 2.28. The van der Waals surface area contributed by atoms with Gasteiger partial charge < -0.3 is 4.74 Å². The zero-order valence-electron chi connectivity index (χ0n) is 15.3. The van der Waals surface area contributed by atoms with Crippen LogP contribution in [0.15, 0.2) is 95.3 Å². The van der Waals surface area contributed by atoms with E-state index < -0.39 is 0 Å². The van der Waals surface area contributed by atoms with E-state index in [4.69, 9.17) is 4.74 Å². The number of nitrogens with zero attached hydrogens (tertiary/aromatic N) is 2. The highest BCUT2D eigenvalue weighted by atomic mass is 32.1. The highest BCUT2D eigenvalue weighted by molar-refractivity contribution is 7.07. The average Bonchev–Trinajstić information content (AvgIpc) is 3.18. The summed E-state index contributed by atoms with van der Waals surface area (Å²) in [6, 6.07) is 26.9. The number of thiazole rings is 1. The summed E-state index contributed by atoms with van der Waals surface area (Å²) >= 11 is 1.43. The van der Waals surface area contributed by atoms with E-state index in [1.165, 1.54) is 11.3 Å². The molecular weight excluding hydrogens is 368 g/mol. The molecule has 4 rings (SSSR count). The fourth-order valence-corrected chi connectivity index (χ4v) is 3.88. The predicted octanol–water partition coefficient (Wildman–Crippen LogP) is 4.96. The number of carbonyl (C=O) groups is 1. The molecule has 0 atom stereocenters. The SMILES string of the molecule is COc1ccccc1-n1c(-c2ccccc2)csc1=NC(=O)c1ccccc1. The minimum absolute atomic E-state index is 0.272. The van der Waals surface area contributed by atoms with Gasteiger partial charge in [0.05, 0.1) is 18.5 Å². The lowest BCUT2D eigenvalue weighted by molar-refractivity contribution is 0.0998. The van der Waals surface area contributed by atoms with Crippen molar-refractivity contribution in [2.24, 2.45) is 4.99 Å². The van der Waals surface area contributed by atoms with Crippen molar-refractivity contribution in [1.29, 1.82) is 0 Å². The molecule has 0 aliphatic heterocycles. The number of hydrogen-bond donors (Lipinski definition) is 0. The minimum atomic E-state index is -0.272. The molecule has 0 radical (unpaired) electrons. The number of rotatable bonds is 4. The van der Waals surface area contributed by atoms with E-state index in [0.29, 0.717) is 16.1 Å². The van der Waals surface area contributed by atoms with Gasteiger partial charge in [0, 0.05) is 10.9 Å². The maximum atomic E-state index is 12.7. The normalized spacial score (nSPS) is 11.4. The molecule has 1 heterocycles. The van der Waals surface area contributed by atoms with Gasteiger partial charge in [-0.1, -0.05) is 60.7 Å². The topological polar surface area (TPSA) is 43.6 Å². The molecule has 0 unspecified atom stereocenters. The largest absolute Gasteiger partial charge is 0.495 e. The molecule has 0 bridgehead atoms. The number of para-hydroxylation sites is 2. The fourth-order valence-electron chi connectivity index (χ4n) is 2.98. The molecule has 0 saturated carbocycles. The van der Waals surface area contributed by atoms with Gasteiger partial charge in [-0.25, -0.2) is 0 Å². The van der Waals surface area contributed by atoms with Crippen molar-refractivity contribution >= 4 is 17.2 Å². The smallest absolute Gasteiger partial charge is 0.279 e. The van der Waals surface area contributed by atoms with Crippen LogP contribution in [0.1, 0.15) is 10.4 Å². The first-order valence-electron chi connectivity index (χ1n) is 8.81. The van der Waals surface area contributed by atoms with Gasteiger partial charge in [0.1, 0.15) is 5.75 Å². The highest BCUT2D eigenvalue weighted by Gasteiger charge is 2.14. The summed E-state index contributed by atoms with van der Waals surface area (Å²) in [5.74, 6) is 0.442. The first-order valence-corrected chi connectivity index (χ1v) is 9.69. The average molecular weight is 386 g/mol. The van der Waals surface area contributed by atoms with Crippen LogP contribution in [0.5, 0.6) is 5.75 Å². The summed E-state index contributed by atoms with van der Waals surface area (Å²) in [5.41, 5.74) is 3.39. The van der Waals surface area contributed by atoms with Crippen LogP contribution < -0.4 is 9.54 Å². The summed E-state index contributed by atoms with van der Waals surface area (Å²) in [5, 5.41) is 2.01. The number of aromatic nitrogens is 1. The summed E-state index contributed by atoms with van der Waals surface area (Å²) in [6.45, 7) is 0. The predicted molar refractivity (Wildman–Crippen MR) is 112 cm³/mol. The van der Waals surface area contributed by atoms with E-state index in [-0.39, 0.29) is 5.91 Å². The van der Waals surface area contributed by atoms with E-state index in [9.17, 15) is 4.79 Å². The number of methoxy groups -OCH3 is 1. The summed E-state index contributed by atoms with van der Waals surface area (Å²) in [6.07, 6.45) is 0. The van der Waals surface area contributed by atoms with Crippen molar-refractivity contribution in [1.82, 2.24) is 4.57 Å². The van der Waals surface area contributed by atoms with Gasteiger partial charge in [0.25, 0.3) is 5.91 Å². The van der Waals surface area contributed by atoms with Crippen molar-refractivity contribution in [3.05, 3.63) is 101 Å². The second-order valence-corrected chi connectivity index (χ2v) is 6.90. The van der Waals surface area contributed by atoms with Gasteiger partial charge in [0.2, 0.25) is 0 Å². The van der Waals surface area contributed by atoms with Crippen LogP contribution in [0.25, 0.3) is 16.9 Å². The Bertz CT molecular complexity index is 1160. The lowest BCUT2D eigenvalue weighted by Gasteiger charge is -2.13. The molecule has 1 amide bonds. The van der Waals surface area contributed by atoms with Crippen LogP contribution in [0.2, 0.25) is 0 Å². The standard InChI is InChI=1S/C23H18N2O2S/c1-27-21-15-9-8-14-19(21)25-20(17-10-4-2-5-11-17)16-28-23(25)24-22(26)18-12-6-3-7-13-18/h2-16H,1H3. The Morgan fingerprint density at radius 2 is 1.54 bits per heavy atom. The van der Waals surface area contributed by atoms with E-state index in [1.807, 2.05) is 82.7 Å². The Morgan fingerprint density at radius 1 is 0.893 bits per heavy atom. The third-order valence-corrected chi connectivity index (χ3v) is 5.15. The molecule has 28 heavy (non-hydrogen) atoms. The van der Waals surface area contributed by atoms with Crippen molar-refractivity contribution in [3.8, 4) is 22.7 Å². The molecule has 1 aromatic heterocycles. The summed E-state index contributed by atoms with van der Waals surface area (Å²) < 4.78 is 7.53. The Kier molecular flexibility index (Phi) is 5.17. The number of benzene rings is 3. The van der Waals surface area contributed by atoms with Crippen LogP contribution in [-0.2, 0) is 0 Å². The van der Waals surface area contributed by atoms with Gasteiger partial charge in [0.15, 0.2) is 4.80 Å². The zero-order valence-corrected chi connectivity index (χ0v) is 16.1. The summed E-state index contributed by atoms with van der Waals surface area (Å²) in [7, 11) is 1.64. The number of hydrogen-bond acceptors (Lipinski definition) is 3. The maximum Gasteiger partial charge on any atom is 0.279 e. The molecule has 0 aliphatic carbocycles. The Hall–Kier alpha value is -3.44. The lowest BCUT2D eigenvalue weighted by atomic mass is 10.1. The molecular formula is C23H18N2O2S. The molecule has 5 heteroatoms. The molecule has 4 aromatic rings. The van der Waals surface area contributed by atoms with E-state index in [1.54, 1.807) is 19.2 Å². The van der Waals surface area contributed by atoms with Crippen molar-refractivity contribution in [3.63, 3.8) is 0 Å². The molecule has 0 spiro atoms. The second kappa shape index (κ2) is 8.06. The number of ether oxygens (including phenoxy) is 1. The quantitative estimate of drug-likeness (QED) is 0.498. The molecule has 3 aromatic carbocycles. The van der Waals surface area contributed by atoms with Gasteiger partial charge in [-0.15, -0.1) is 11.3 Å². The number of carbonyl (C=O) groups excluding carboxylic acids is 1. The van der Waals surface area contributed by atoms with Crippen LogP contribution in [0.4, 0.5) is 0 Å². The molecule has 4 nitrogen and oxygen atoms in total. The van der Waals surface area contributed by atoms with Crippen LogP contribution >= 0.6 is 11.3 Å². The zero-order chi connectivity index (χ0) is 19.3. The maximum absolute atomic E-state index is 12.7. The molecule has 0 fully saturated rings. The monoisotopic (exact) mass is 386 g/mol. The van der Waals surface area contributed by atoms with Crippen molar-refractivity contribution in [2.45, 2.75) is 0 Å². The van der Waals surface area contributed by atoms with Gasteiger partial charge in [-0.05, 0) is 29.8 Å². The lowest BCUT2D eigenvalue weighted by Crippen LogP contribution is -2.17. The molecule has 0 saturated heterocycles. The van der Waals surface area contributed by atoms with E-state index in [2.05, 4.69) is 4.99 Å². The number of amides is 1. The third-order valence-electron chi connectivity index (χ3n) is 4.32. The van der Waals surface area contributed by atoms with E-state index in [0.717, 1.165) is 16.9 Å². The van der Waals surface area contributed by atoms with Crippen molar-refractivity contribution in [2.75, 3.05) is 7.11 Å². The first-order chi connectivity index (χ1) is 13.8. The Morgan fingerprint density at radius 3 is 2.25 bits per heavy atom. The van der Waals surface area contributed by atoms with Crippen molar-refractivity contribution < 1.29 is 9.53 Å². The van der Waals surface area contributed by atoms with Crippen LogP contribution in [-0.4, -0.2) is 17.6 Å². The second-order valence-electron chi connectivity index (χ2n) is 6.06. The summed E-state index contributed by atoms with van der Waals surface area (Å²) in [4.78, 5) is 17.7. The fraction of sp³-hybridized carbons (Fsp3) is 0.0435. The van der Waals surface area contributed by atoms with E-state index >= 15 is 0 Å². The van der Waals surface area contributed by atoms with Gasteiger partial charge in [-0.2, -0.15) is 4.99 Å². The minimum Gasteiger partial charge on any atom is -0.495 e.